The van der Waals surface area contributed by atoms with Gasteiger partial charge in [0.1, 0.15) is 18.0 Å². The minimum absolute atomic E-state index is 0.373. The van der Waals surface area contributed by atoms with E-state index in [1.54, 1.807) is 11.0 Å². The Morgan fingerprint density at radius 3 is 2.50 bits per heavy atom. The Bertz CT molecular complexity index is 323. The van der Waals surface area contributed by atoms with Gasteiger partial charge in [-0.2, -0.15) is 0 Å². The summed E-state index contributed by atoms with van der Waals surface area (Å²) in [6.45, 7) is 0.745. The minimum Gasteiger partial charge on any atom is -0.389 e. The summed E-state index contributed by atoms with van der Waals surface area (Å²) >= 11 is 0. The number of nitrogen functional groups attached to an aromatic ring is 1. The lowest BCUT2D eigenvalue weighted by Gasteiger charge is -2.15. The number of hydrogen-bond donors (Lipinski definition) is 3. The highest BCUT2D eigenvalue weighted by atomic mass is 16.3. The minimum atomic E-state index is -0.716. The lowest BCUT2D eigenvalue weighted by Crippen LogP contribution is -2.22. The van der Waals surface area contributed by atoms with Crippen molar-refractivity contribution in [2.24, 2.45) is 0 Å². The summed E-state index contributed by atoms with van der Waals surface area (Å²) in [7, 11) is 0. The predicted molar refractivity (Wildman–Crippen MR) is 50.7 cm³/mol. The largest absolute Gasteiger partial charge is 0.389 e. The van der Waals surface area contributed by atoms with E-state index in [2.05, 4.69) is 9.97 Å². The Labute approximate surface area is 81.0 Å². The molecule has 2 unspecified atom stereocenters. The smallest absolute Gasteiger partial charge is 0.134 e. The Kier molecular flexibility index (Phi) is 2.22. The van der Waals surface area contributed by atoms with E-state index in [4.69, 9.17) is 5.73 Å². The van der Waals surface area contributed by atoms with Crippen LogP contribution in [0.15, 0.2) is 12.4 Å². The van der Waals surface area contributed by atoms with Gasteiger partial charge >= 0.3 is 0 Å². The van der Waals surface area contributed by atoms with Gasteiger partial charge in [0.2, 0.25) is 0 Å². The van der Waals surface area contributed by atoms with E-state index in [0.29, 0.717) is 24.7 Å². The standard InChI is InChI=1S/C8H12N4O2/c9-7-1-8(11-4-10-7)12-2-5(13)6(14)3-12/h1,4-6,13-14H,2-3H2,(H2,9,10,11). The van der Waals surface area contributed by atoms with Crippen LogP contribution in [0.1, 0.15) is 0 Å². The Balaban J connectivity index is 2.17. The highest BCUT2D eigenvalue weighted by molar-refractivity contribution is 5.47. The maximum absolute atomic E-state index is 9.33. The molecule has 2 rings (SSSR count). The molecule has 1 fully saturated rings. The molecule has 14 heavy (non-hydrogen) atoms. The fraction of sp³-hybridized carbons (Fsp3) is 0.500. The topological polar surface area (TPSA) is 95.5 Å². The van der Waals surface area contributed by atoms with Crippen LogP contribution >= 0.6 is 0 Å². The molecular weight excluding hydrogens is 184 g/mol. The normalized spacial score (nSPS) is 26.9. The van der Waals surface area contributed by atoms with Gasteiger partial charge in [0, 0.05) is 19.2 Å². The molecule has 1 aliphatic heterocycles. The van der Waals surface area contributed by atoms with E-state index >= 15 is 0 Å². The van der Waals surface area contributed by atoms with Crippen molar-refractivity contribution in [1.29, 1.82) is 0 Å². The molecule has 2 atom stereocenters. The van der Waals surface area contributed by atoms with Gasteiger partial charge in [0.15, 0.2) is 0 Å². The summed E-state index contributed by atoms with van der Waals surface area (Å²) in [5.41, 5.74) is 5.49. The van der Waals surface area contributed by atoms with Crippen molar-refractivity contribution in [3.05, 3.63) is 12.4 Å². The second-order valence-electron chi connectivity index (χ2n) is 3.34. The van der Waals surface area contributed by atoms with Gasteiger partial charge < -0.3 is 20.8 Å². The highest BCUT2D eigenvalue weighted by Crippen LogP contribution is 2.18. The van der Waals surface area contributed by atoms with E-state index in [-0.39, 0.29) is 0 Å². The third-order valence-electron chi connectivity index (χ3n) is 2.26. The molecule has 0 bridgehead atoms. The van der Waals surface area contributed by atoms with Crippen LogP contribution in [-0.2, 0) is 0 Å². The van der Waals surface area contributed by atoms with Crippen molar-refractivity contribution < 1.29 is 10.2 Å². The number of aromatic nitrogens is 2. The van der Waals surface area contributed by atoms with Crippen LogP contribution in [0, 0.1) is 0 Å². The van der Waals surface area contributed by atoms with Crippen LogP contribution < -0.4 is 10.6 Å². The lowest BCUT2D eigenvalue weighted by molar-refractivity contribution is 0.0572. The summed E-state index contributed by atoms with van der Waals surface area (Å²) in [6, 6.07) is 1.62. The van der Waals surface area contributed by atoms with Gasteiger partial charge in [0.25, 0.3) is 0 Å². The van der Waals surface area contributed by atoms with Crippen LogP contribution in [0.25, 0.3) is 0 Å². The first-order valence-electron chi connectivity index (χ1n) is 4.35. The number of rotatable bonds is 1. The van der Waals surface area contributed by atoms with Crippen molar-refractivity contribution in [2.45, 2.75) is 12.2 Å². The first kappa shape index (κ1) is 9.17. The van der Waals surface area contributed by atoms with E-state index in [1.807, 2.05) is 0 Å². The second kappa shape index (κ2) is 3.39. The van der Waals surface area contributed by atoms with Gasteiger partial charge in [-0.15, -0.1) is 0 Å². The monoisotopic (exact) mass is 196 g/mol. The maximum atomic E-state index is 9.33. The summed E-state index contributed by atoms with van der Waals surface area (Å²) in [4.78, 5) is 9.54. The van der Waals surface area contributed by atoms with E-state index in [9.17, 15) is 10.2 Å². The molecule has 0 saturated carbocycles. The highest BCUT2D eigenvalue weighted by Gasteiger charge is 2.30. The quantitative estimate of drug-likeness (QED) is 0.511. The zero-order valence-corrected chi connectivity index (χ0v) is 7.54. The fourth-order valence-corrected chi connectivity index (χ4v) is 1.49. The number of nitrogens with two attached hydrogens (primary N) is 1. The third kappa shape index (κ3) is 1.61. The number of β-amino-alcohol motifs (C(OH)–C–C–N with tert-alkyl or cyclic N) is 2. The molecule has 1 aliphatic rings. The van der Waals surface area contributed by atoms with Crippen molar-refractivity contribution in [3.8, 4) is 0 Å². The average Bonchev–Trinajstić information content (AvgIpc) is 2.47. The van der Waals surface area contributed by atoms with Gasteiger partial charge in [-0.1, -0.05) is 0 Å². The molecule has 0 radical (unpaired) electrons. The maximum Gasteiger partial charge on any atom is 0.134 e. The van der Waals surface area contributed by atoms with E-state index in [0.717, 1.165) is 0 Å². The van der Waals surface area contributed by atoms with Gasteiger partial charge in [-0.25, -0.2) is 9.97 Å². The zero-order chi connectivity index (χ0) is 10.1. The first-order valence-corrected chi connectivity index (χ1v) is 4.35. The molecule has 1 saturated heterocycles. The second-order valence-corrected chi connectivity index (χ2v) is 3.34. The van der Waals surface area contributed by atoms with Crippen LogP contribution in [0.5, 0.6) is 0 Å². The van der Waals surface area contributed by atoms with Crippen molar-refractivity contribution in [3.63, 3.8) is 0 Å². The SMILES string of the molecule is Nc1cc(N2CC(O)C(O)C2)ncn1. The van der Waals surface area contributed by atoms with Crippen molar-refractivity contribution in [1.82, 2.24) is 9.97 Å². The Morgan fingerprint density at radius 2 is 1.93 bits per heavy atom. The van der Waals surface area contributed by atoms with Crippen molar-refractivity contribution >= 4 is 11.6 Å². The Morgan fingerprint density at radius 1 is 1.29 bits per heavy atom. The summed E-state index contributed by atoms with van der Waals surface area (Å²) in [5.74, 6) is 1.01. The number of aliphatic hydroxyl groups excluding tert-OH is 2. The van der Waals surface area contributed by atoms with Gasteiger partial charge in [-0.3, -0.25) is 0 Å². The summed E-state index contributed by atoms with van der Waals surface area (Å²) in [6.07, 6.45) is -0.0701. The molecule has 0 aromatic carbocycles. The molecule has 6 nitrogen and oxygen atoms in total. The van der Waals surface area contributed by atoms with Gasteiger partial charge in [0.05, 0.1) is 12.2 Å². The van der Waals surface area contributed by atoms with Crippen LogP contribution in [0.3, 0.4) is 0 Å². The van der Waals surface area contributed by atoms with Crippen LogP contribution in [0.4, 0.5) is 11.6 Å². The van der Waals surface area contributed by atoms with Gasteiger partial charge in [-0.05, 0) is 0 Å². The molecule has 76 valence electrons. The zero-order valence-electron chi connectivity index (χ0n) is 7.54. The lowest BCUT2D eigenvalue weighted by atomic mass is 10.3. The first-order chi connectivity index (χ1) is 6.66. The molecule has 6 heteroatoms. The molecule has 2 heterocycles. The molecular formula is C8H12N4O2. The van der Waals surface area contributed by atoms with E-state index in [1.165, 1.54) is 6.33 Å². The molecule has 4 N–H and O–H groups in total. The number of nitrogens with zero attached hydrogens (tertiary/aromatic N) is 3. The molecule has 1 aromatic rings. The van der Waals surface area contributed by atoms with E-state index < -0.39 is 12.2 Å². The molecule has 0 amide bonds. The predicted octanol–water partition coefficient (Wildman–Crippen LogP) is -1.40. The molecule has 0 spiro atoms. The average molecular weight is 196 g/mol. The Hall–Kier alpha value is -1.40. The molecule has 1 aromatic heterocycles. The third-order valence-corrected chi connectivity index (χ3v) is 2.26. The summed E-state index contributed by atoms with van der Waals surface area (Å²) < 4.78 is 0. The number of anilines is 2. The van der Waals surface area contributed by atoms with Crippen molar-refractivity contribution in [2.75, 3.05) is 23.7 Å². The van der Waals surface area contributed by atoms with Crippen LogP contribution in [0.2, 0.25) is 0 Å². The number of hydrogen-bond acceptors (Lipinski definition) is 6. The fourth-order valence-electron chi connectivity index (χ4n) is 1.49. The number of aliphatic hydroxyl groups is 2. The van der Waals surface area contributed by atoms with Crippen LogP contribution in [-0.4, -0.2) is 45.5 Å². The molecule has 0 aliphatic carbocycles. The summed E-state index contributed by atoms with van der Waals surface area (Å²) in [5, 5.41) is 18.7.